The SMILES string of the molecule is O=C1CCCC1C1CCCCN1CCn1ccnc1. The second kappa shape index (κ2) is 5.87. The highest BCUT2D eigenvalue weighted by Crippen LogP contribution is 2.32. The molecule has 4 heteroatoms. The first kappa shape index (κ1) is 12.9. The first-order valence-corrected chi connectivity index (χ1v) is 7.57. The van der Waals surface area contributed by atoms with Gasteiger partial charge in [-0.15, -0.1) is 0 Å². The first-order valence-electron chi connectivity index (χ1n) is 7.57. The second-order valence-electron chi connectivity index (χ2n) is 5.86. The van der Waals surface area contributed by atoms with Gasteiger partial charge in [0.15, 0.2) is 0 Å². The molecule has 1 aromatic heterocycles. The largest absolute Gasteiger partial charge is 0.336 e. The number of carbonyl (C=O) groups excluding carboxylic acids is 1. The lowest BCUT2D eigenvalue weighted by molar-refractivity contribution is -0.123. The highest BCUT2D eigenvalue weighted by molar-refractivity contribution is 5.83. The minimum absolute atomic E-state index is 0.322. The number of carbonyl (C=O) groups is 1. The molecule has 2 fully saturated rings. The number of hydrogen-bond donors (Lipinski definition) is 0. The molecule has 0 radical (unpaired) electrons. The van der Waals surface area contributed by atoms with E-state index in [4.69, 9.17) is 0 Å². The average molecular weight is 261 g/mol. The number of Topliss-reactive ketones (excluding diaryl/α,β-unsaturated/α-hetero) is 1. The van der Waals surface area contributed by atoms with Gasteiger partial charge in [-0.05, 0) is 32.2 Å². The lowest BCUT2D eigenvalue weighted by Crippen LogP contribution is -2.46. The fourth-order valence-electron chi connectivity index (χ4n) is 3.66. The summed E-state index contributed by atoms with van der Waals surface area (Å²) in [6.45, 7) is 3.19. The van der Waals surface area contributed by atoms with Crippen LogP contribution in [0.3, 0.4) is 0 Å². The first-order chi connectivity index (χ1) is 9.34. The zero-order chi connectivity index (χ0) is 13.1. The molecule has 1 aromatic rings. The third-order valence-electron chi connectivity index (χ3n) is 4.69. The molecule has 0 spiro atoms. The molecule has 0 N–H and O–H groups in total. The number of likely N-dealkylation sites (tertiary alicyclic amines) is 1. The Labute approximate surface area is 114 Å². The maximum absolute atomic E-state index is 12.0. The molecule has 1 saturated heterocycles. The Morgan fingerprint density at radius 2 is 2.16 bits per heavy atom. The molecule has 2 unspecified atom stereocenters. The number of ketones is 1. The Morgan fingerprint density at radius 3 is 2.89 bits per heavy atom. The number of rotatable bonds is 4. The summed E-state index contributed by atoms with van der Waals surface area (Å²) in [5, 5.41) is 0. The van der Waals surface area contributed by atoms with Crippen molar-refractivity contribution in [3.63, 3.8) is 0 Å². The van der Waals surface area contributed by atoms with Crippen LogP contribution in [-0.4, -0.2) is 39.4 Å². The van der Waals surface area contributed by atoms with E-state index in [0.29, 0.717) is 17.7 Å². The predicted octanol–water partition coefficient (Wildman–Crippen LogP) is 2.11. The van der Waals surface area contributed by atoms with E-state index in [1.54, 1.807) is 0 Å². The van der Waals surface area contributed by atoms with Crippen molar-refractivity contribution in [1.29, 1.82) is 0 Å². The van der Waals surface area contributed by atoms with Gasteiger partial charge in [0, 0.05) is 43.9 Å². The van der Waals surface area contributed by atoms with Crippen molar-refractivity contribution in [2.75, 3.05) is 13.1 Å². The van der Waals surface area contributed by atoms with Gasteiger partial charge in [0.05, 0.1) is 6.33 Å². The molecule has 2 aliphatic rings. The minimum atomic E-state index is 0.322. The third-order valence-corrected chi connectivity index (χ3v) is 4.69. The van der Waals surface area contributed by atoms with Gasteiger partial charge >= 0.3 is 0 Å². The van der Waals surface area contributed by atoms with Crippen LogP contribution in [0.25, 0.3) is 0 Å². The normalized spacial score (nSPS) is 28.9. The second-order valence-corrected chi connectivity index (χ2v) is 5.86. The van der Waals surface area contributed by atoms with Crippen LogP contribution in [0.1, 0.15) is 38.5 Å². The summed E-state index contributed by atoms with van der Waals surface area (Å²) in [5.74, 6) is 0.836. The summed E-state index contributed by atoms with van der Waals surface area (Å²) in [6, 6.07) is 0.507. The van der Waals surface area contributed by atoms with Gasteiger partial charge in [0.1, 0.15) is 5.78 Å². The molecule has 2 atom stereocenters. The number of imidazole rings is 1. The van der Waals surface area contributed by atoms with E-state index in [0.717, 1.165) is 38.9 Å². The van der Waals surface area contributed by atoms with Crippen LogP contribution in [0.15, 0.2) is 18.7 Å². The molecule has 4 nitrogen and oxygen atoms in total. The molecule has 19 heavy (non-hydrogen) atoms. The van der Waals surface area contributed by atoms with Crippen LogP contribution < -0.4 is 0 Å². The fourth-order valence-corrected chi connectivity index (χ4v) is 3.66. The Balaban J connectivity index is 1.62. The van der Waals surface area contributed by atoms with E-state index in [9.17, 15) is 4.79 Å². The predicted molar refractivity (Wildman–Crippen MR) is 73.8 cm³/mol. The summed E-state index contributed by atoms with van der Waals surface area (Å²) >= 11 is 0. The van der Waals surface area contributed by atoms with Crippen molar-refractivity contribution in [2.45, 2.75) is 51.1 Å². The number of nitrogens with zero attached hydrogens (tertiary/aromatic N) is 3. The highest BCUT2D eigenvalue weighted by Gasteiger charge is 2.36. The molecular weight excluding hydrogens is 238 g/mol. The summed E-state index contributed by atoms with van der Waals surface area (Å²) in [4.78, 5) is 18.6. The van der Waals surface area contributed by atoms with Crippen LogP contribution >= 0.6 is 0 Å². The lowest BCUT2D eigenvalue weighted by atomic mass is 9.88. The van der Waals surface area contributed by atoms with Crippen LogP contribution in [0.4, 0.5) is 0 Å². The standard InChI is InChI=1S/C15H23N3O/c19-15-6-3-4-13(15)14-5-1-2-8-18(14)11-10-17-9-7-16-12-17/h7,9,12-14H,1-6,8,10-11H2. The van der Waals surface area contributed by atoms with Crippen LogP contribution in [0, 0.1) is 5.92 Å². The van der Waals surface area contributed by atoms with Crippen molar-refractivity contribution < 1.29 is 4.79 Å². The van der Waals surface area contributed by atoms with Gasteiger partial charge in [-0.25, -0.2) is 4.98 Å². The maximum atomic E-state index is 12.0. The Bertz CT molecular complexity index is 415. The van der Waals surface area contributed by atoms with Crippen LogP contribution in [0.2, 0.25) is 0 Å². The summed E-state index contributed by atoms with van der Waals surface area (Å²) < 4.78 is 2.13. The zero-order valence-corrected chi connectivity index (χ0v) is 11.5. The number of hydrogen-bond acceptors (Lipinski definition) is 3. The molecule has 1 aliphatic heterocycles. The lowest BCUT2D eigenvalue weighted by Gasteiger charge is -2.38. The third kappa shape index (κ3) is 2.89. The molecule has 3 rings (SSSR count). The molecule has 0 bridgehead atoms. The minimum Gasteiger partial charge on any atom is -0.336 e. The smallest absolute Gasteiger partial charge is 0.137 e. The van der Waals surface area contributed by atoms with E-state index in [2.05, 4.69) is 14.5 Å². The van der Waals surface area contributed by atoms with E-state index < -0.39 is 0 Å². The maximum Gasteiger partial charge on any atom is 0.137 e. The van der Waals surface area contributed by atoms with Gasteiger partial charge < -0.3 is 4.57 Å². The van der Waals surface area contributed by atoms with Crippen molar-refractivity contribution in [1.82, 2.24) is 14.5 Å². The van der Waals surface area contributed by atoms with Crippen LogP contribution in [-0.2, 0) is 11.3 Å². The van der Waals surface area contributed by atoms with Gasteiger partial charge in [0.25, 0.3) is 0 Å². The molecule has 0 amide bonds. The van der Waals surface area contributed by atoms with E-state index >= 15 is 0 Å². The quantitative estimate of drug-likeness (QED) is 0.833. The van der Waals surface area contributed by atoms with Gasteiger partial charge in [-0.2, -0.15) is 0 Å². The van der Waals surface area contributed by atoms with E-state index in [-0.39, 0.29) is 0 Å². The Hall–Kier alpha value is -1.16. The molecule has 104 valence electrons. The topological polar surface area (TPSA) is 38.1 Å². The number of piperidine rings is 1. The molecule has 2 heterocycles. The zero-order valence-electron chi connectivity index (χ0n) is 11.5. The van der Waals surface area contributed by atoms with Crippen molar-refractivity contribution in [3.8, 4) is 0 Å². The molecule has 1 aliphatic carbocycles. The van der Waals surface area contributed by atoms with Gasteiger partial charge in [-0.3, -0.25) is 9.69 Å². The van der Waals surface area contributed by atoms with E-state index in [1.165, 1.54) is 19.3 Å². The van der Waals surface area contributed by atoms with E-state index in [1.807, 2.05) is 18.7 Å². The van der Waals surface area contributed by atoms with Crippen molar-refractivity contribution >= 4 is 5.78 Å². The van der Waals surface area contributed by atoms with Gasteiger partial charge in [-0.1, -0.05) is 6.42 Å². The Kier molecular flexibility index (Phi) is 3.97. The fraction of sp³-hybridized carbons (Fsp3) is 0.733. The van der Waals surface area contributed by atoms with Crippen LogP contribution in [0.5, 0.6) is 0 Å². The van der Waals surface area contributed by atoms with Crippen molar-refractivity contribution in [2.24, 2.45) is 5.92 Å². The monoisotopic (exact) mass is 261 g/mol. The molecule has 1 saturated carbocycles. The summed E-state index contributed by atoms with van der Waals surface area (Å²) in [5.41, 5.74) is 0. The summed E-state index contributed by atoms with van der Waals surface area (Å²) in [7, 11) is 0. The number of aromatic nitrogens is 2. The average Bonchev–Trinajstić information content (AvgIpc) is 3.08. The molecule has 0 aromatic carbocycles. The van der Waals surface area contributed by atoms with Gasteiger partial charge in [0.2, 0.25) is 0 Å². The summed E-state index contributed by atoms with van der Waals surface area (Å²) in [6.07, 6.45) is 12.5. The Morgan fingerprint density at radius 1 is 1.21 bits per heavy atom. The molecular formula is C15H23N3O. The highest BCUT2D eigenvalue weighted by atomic mass is 16.1. The van der Waals surface area contributed by atoms with Crippen molar-refractivity contribution in [3.05, 3.63) is 18.7 Å².